The minimum Gasteiger partial charge on any atom is -0.598 e. The van der Waals surface area contributed by atoms with Gasteiger partial charge in [-0.15, -0.1) is 4.72 Å². The number of nitriles is 1. The van der Waals surface area contributed by atoms with Gasteiger partial charge in [0.15, 0.2) is 0 Å². The molecular formula is C20H21BrClF2N5O4S. The smallest absolute Gasteiger partial charge is 0.387 e. The highest BCUT2D eigenvalue weighted by Crippen LogP contribution is 2.39. The van der Waals surface area contributed by atoms with E-state index in [-0.39, 0.29) is 28.7 Å². The molecule has 0 amide bonds. The lowest BCUT2D eigenvalue weighted by Gasteiger charge is -2.28. The van der Waals surface area contributed by atoms with Crippen LogP contribution in [0.15, 0.2) is 34.8 Å². The van der Waals surface area contributed by atoms with Crippen molar-refractivity contribution in [3.63, 3.8) is 0 Å². The highest BCUT2D eigenvalue weighted by atomic mass is 79.9. The van der Waals surface area contributed by atoms with Gasteiger partial charge in [-0.1, -0.05) is 33.6 Å². The Morgan fingerprint density at radius 1 is 1.35 bits per heavy atom. The highest BCUT2D eigenvalue weighted by molar-refractivity contribution is 9.10. The van der Waals surface area contributed by atoms with Crippen molar-refractivity contribution in [2.75, 3.05) is 5.32 Å². The number of benzene rings is 1. The molecule has 184 valence electrons. The van der Waals surface area contributed by atoms with E-state index in [9.17, 15) is 28.7 Å². The standard InChI is InChI=1S/C20H21BrClF2N5O4S/c1-20(2,3)34(32)28-11(10-25)9-13(17-12(21)5-4-6-15(17)33-19(23)24)26-18-14(29(30)31)7-8-16(22)27-18/h4-8,11,13,19,28H,9H2,1-3H3,(H,26,27)/t11?,13?,34-/m1/s1. The molecule has 0 radical (unpaired) electrons. The second kappa shape index (κ2) is 11.9. The van der Waals surface area contributed by atoms with Crippen molar-refractivity contribution in [3.8, 4) is 11.8 Å². The Bertz CT molecular complexity index is 1070. The van der Waals surface area contributed by atoms with Crippen LogP contribution in [0.4, 0.5) is 20.3 Å². The van der Waals surface area contributed by atoms with Gasteiger partial charge >= 0.3 is 12.3 Å². The Balaban J connectivity index is 2.57. The summed E-state index contributed by atoms with van der Waals surface area (Å²) in [6.07, 6.45) is -0.147. The van der Waals surface area contributed by atoms with Gasteiger partial charge < -0.3 is 14.6 Å². The van der Waals surface area contributed by atoms with Gasteiger partial charge in [0.1, 0.15) is 21.7 Å². The monoisotopic (exact) mass is 579 g/mol. The molecule has 0 aliphatic carbocycles. The summed E-state index contributed by atoms with van der Waals surface area (Å²) in [5.74, 6) is -0.463. The molecule has 0 bridgehead atoms. The third kappa shape index (κ3) is 7.64. The third-order valence-corrected chi connectivity index (χ3v) is 6.87. The van der Waals surface area contributed by atoms with E-state index in [1.165, 1.54) is 18.2 Å². The molecule has 2 unspecified atom stereocenters. The Kier molecular flexibility index (Phi) is 9.84. The number of alkyl halides is 2. The first-order chi connectivity index (χ1) is 15.8. The number of anilines is 1. The molecule has 2 rings (SSSR count). The van der Waals surface area contributed by atoms with E-state index in [1.807, 2.05) is 6.07 Å². The van der Waals surface area contributed by atoms with Crippen LogP contribution in [-0.2, 0) is 11.4 Å². The van der Waals surface area contributed by atoms with E-state index in [2.05, 4.69) is 35.7 Å². The molecule has 0 fully saturated rings. The lowest BCUT2D eigenvalue weighted by molar-refractivity contribution is -0.384. The van der Waals surface area contributed by atoms with E-state index >= 15 is 0 Å². The summed E-state index contributed by atoms with van der Waals surface area (Å²) in [5, 5.41) is 24.0. The van der Waals surface area contributed by atoms with Gasteiger partial charge in [-0.05, 0) is 39.0 Å². The molecule has 0 spiro atoms. The topological polar surface area (TPSA) is 136 Å². The molecule has 2 N–H and O–H groups in total. The maximum absolute atomic E-state index is 13.1. The average molecular weight is 581 g/mol. The molecule has 3 atom stereocenters. The molecular weight excluding hydrogens is 560 g/mol. The van der Waals surface area contributed by atoms with Crippen LogP contribution in [0.2, 0.25) is 5.15 Å². The predicted octanol–water partition coefficient (Wildman–Crippen LogP) is 5.49. The van der Waals surface area contributed by atoms with Crippen molar-refractivity contribution in [2.24, 2.45) is 0 Å². The fourth-order valence-electron chi connectivity index (χ4n) is 2.82. The van der Waals surface area contributed by atoms with Crippen LogP contribution in [0.5, 0.6) is 5.75 Å². The number of hydrogen-bond acceptors (Lipinski definition) is 8. The Morgan fingerprint density at radius 2 is 2.03 bits per heavy atom. The summed E-state index contributed by atoms with van der Waals surface area (Å²) in [4.78, 5) is 14.8. The second-order valence-corrected chi connectivity index (χ2v) is 11.1. The van der Waals surface area contributed by atoms with Crippen molar-refractivity contribution in [1.82, 2.24) is 9.71 Å². The summed E-state index contributed by atoms with van der Waals surface area (Å²) < 4.78 is 45.7. The summed E-state index contributed by atoms with van der Waals surface area (Å²) in [7, 11) is 0. The van der Waals surface area contributed by atoms with Gasteiger partial charge in [0.25, 0.3) is 0 Å². The Morgan fingerprint density at radius 3 is 2.59 bits per heavy atom. The van der Waals surface area contributed by atoms with E-state index in [1.54, 1.807) is 26.8 Å². The van der Waals surface area contributed by atoms with Gasteiger partial charge in [-0.2, -0.15) is 14.0 Å². The van der Waals surface area contributed by atoms with Crippen molar-refractivity contribution in [2.45, 2.75) is 50.6 Å². The molecule has 2 aromatic rings. The van der Waals surface area contributed by atoms with Crippen LogP contribution < -0.4 is 14.8 Å². The number of nitro groups is 1. The molecule has 1 aromatic carbocycles. The van der Waals surface area contributed by atoms with Crippen molar-refractivity contribution >= 4 is 50.4 Å². The maximum Gasteiger partial charge on any atom is 0.387 e. The van der Waals surface area contributed by atoms with Crippen LogP contribution in [-0.4, -0.2) is 31.9 Å². The zero-order chi connectivity index (χ0) is 25.6. The number of aromatic nitrogens is 1. The normalized spacial score (nSPS) is 14.2. The average Bonchev–Trinajstić information content (AvgIpc) is 2.71. The number of rotatable bonds is 10. The molecule has 14 heteroatoms. The fraction of sp³-hybridized carbons (Fsp3) is 0.400. The zero-order valence-corrected chi connectivity index (χ0v) is 21.4. The zero-order valence-electron chi connectivity index (χ0n) is 18.2. The summed E-state index contributed by atoms with van der Waals surface area (Å²) in [6.45, 7) is 1.98. The summed E-state index contributed by atoms with van der Waals surface area (Å²) in [6, 6.07) is 6.62. The Hall–Kier alpha value is -2.24. The highest BCUT2D eigenvalue weighted by Gasteiger charge is 2.33. The van der Waals surface area contributed by atoms with E-state index in [0.29, 0.717) is 4.47 Å². The van der Waals surface area contributed by atoms with Gasteiger partial charge in [-0.25, -0.2) is 4.98 Å². The number of nitrogens with one attached hydrogen (secondary N) is 2. The molecule has 9 nitrogen and oxygen atoms in total. The lowest BCUT2D eigenvalue weighted by Crippen LogP contribution is -2.45. The number of pyridine rings is 1. The molecule has 0 saturated heterocycles. The first-order valence-corrected chi connectivity index (χ1v) is 12.0. The lowest BCUT2D eigenvalue weighted by atomic mass is 9.99. The summed E-state index contributed by atoms with van der Waals surface area (Å²) in [5.41, 5.74) is -0.264. The molecule has 0 saturated carbocycles. The third-order valence-electron chi connectivity index (χ3n) is 4.36. The molecule has 0 aliphatic rings. The number of ether oxygens (including phenoxy) is 1. The van der Waals surface area contributed by atoms with Crippen LogP contribution in [0, 0.1) is 21.4 Å². The van der Waals surface area contributed by atoms with Gasteiger partial charge in [0.05, 0.1) is 17.0 Å². The van der Waals surface area contributed by atoms with Crippen LogP contribution in [0.3, 0.4) is 0 Å². The summed E-state index contributed by atoms with van der Waals surface area (Å²) >= 11 is 7.59. The first-order valence-electron chi connectivity index (χ1n) is 9.71. The van der Waals surface area contributed by atoms with Crippen LogP contribution in [0.25, 0.3) is 0 Å². The SMILES string of the molecule is CC(C)(C)[S@@+]([O-])NC(C#N)CC(Nc1nc(Cl)ccc1[N+](=O)[O-])c1c(Br)cccc1OC(F)F. The minimum absolute atomic E-state index is 0.0492. The van der Waals surface area contributed by atoms with Gasteiger partial charge in [0, 0.05) is 33.9 Å². The number of nitrogens with zero attached hydrogens (tertiary/aromatic N) is 3. The second-order valence-electron chi connectivity index (χ2n) is 7.90. The van der Waals surface area contributed by atoms with Crippen molar-refractivity contribution in [3.05, 3.63) is 55.6 Å². The molecule has 1 heterocycles. The van der Waals surface area contributed by atoms with Gasteiger partial charge in [-0.3, -0.25) is 10.1 Å². The van der Waals surface area contributed by atoms with E-state index < -0.39 is 45.4 Å². The van der Waals surface area contributed by atoms with Crippen LogP contribution in [0.1, 0.15) is 38.8 Å². The predicted molar refractivity (Wildman–Crippen MR) is 128 cm³/mol. The quantitative estimate of drug-likeness (QED) is 0.163. The molecule has 34 heavy (non-hydrogen) atoms. The Labute approximate surface area is 211 Å². The minimum atomic E-state index is -3.15. The van der Waals surface area contributed by atoms with Crippen molar-refractivity contribution in [1.29, 1.82) is 5.26 Å². The number of hydrogen-bond donors (Lipinski definition) is 2. The fourth-order valence-corrected chi connectivity index (χ4v) is 4.35. The van der Waals surface area contributed by atoms with E-state index in [4.69, 9.17) is 11.6 Å². The maximum atomic E-state index is 13.1. The molecule has 1 aromatic heterocycles. The van der Waals surface area contributed by atoms with E-state index in [0.717, 1.165) is 6.07 Å². The van der Waals surface area contributed by atoms with Crippen LogP contribution >= 0.6 is 27.5 Å². The molecule has 0 aliphatic heterocycles. The number of halogens is 4. The largest absolute Gasteiger partial charge is 0.598 e. The van der Waals surface area contributed by atoms with Crippen molar-refractivity contribution < 1.29 is 23.0 Å². The van der Waals surface area contributed by atoms with Gasteiger partial charge in [0.2, 0.25) is 5.82 Å². The first kappa shape index (κ1) is 28.0.